The Kier molecular flexibility index (Phi) is 4.59. The summed E-state index contributed by atoms with van der Waals surface area (Å²) in [6, 6.07) is 4.66. The Labute approximate surface area is 126 Å². The summed E-state index contributed by atoms with van der Waals surface area (Å²) in [5.74, 6) is -0.898. The van der Waals surface area contributed by atoms with Crippen molar-refractivity contribution in [2.75, 3.05) is 11.1 Å². The number of aromatic amines is 1. The first-order chi connectivity index (χ1) is 10.3. The zero-order valence-corrected chi connectivity index (χ0v) is 12.0. The van der Waals surface area contributed by atoms with Gasteiger partial charge in [0.25, 0.3) is 0 Å². The van der Waals surface area contributed by atoms with Crippen molar-refractivity contribution in [3.63, 3.8) is 0 Å². The van der Waals surface area contributed by atoms with E-state index in [1.165, 1.54) is 23.9 Å². The average molecular weight is 334 g/mol. The third kappa shape index (κ3) is 3.70. The Morgan fingerprint density at radius 1 is 1.41 bits per heavy atom. The van der Waals surface area contributed by atoms with E-state index in [0.29, 0.717) is 0 Å². The summed E-state index contributed by atoms with van der Waals surface area (Å²) in [4.78, 5) is 23.0. The lowest BCUT2D eigenvalue weighted by atomic mass is 10.1. The third-order valence-corrected chi connectivity index (χ3v) is 3.72. The highest BCUT2D eigenvalue weighted by atomic mass is 32.2. The van der Waals surface area contributed by atoms with E-state index in [-0.39, 0.29) is 16.5 Å². The Bertz CT molecular complexity index is 739. The molecule has 0 saturated heterocycles. The van der Waals surface area contributed by atoms with E-state index in [9.17, 15) is 22.8 Å². The van der Waals surface area contributed by atoms with E-state index in [1.54, 1.807) is 0 Å². The van der Waals surface area contributed by atoms with Gasteiger partial charge in [0.1, 0.15) is 0 Å². The molecule has 2 aromatic rings. The Balaban J connectivity index is 2.06. The first-order valence-electron chi connectivity index (χ1n) is 5.95. The van der Waals surface area contributed by atoms with Gasteiger partial charge in [-0.15, -0.1) is 0 Å². The predicted octanol–water partition coefficient (Wildman–Crippen LogP) is 1.54. The summed E-state index contributed by atoms with van der Waals surface area (Å²) in [6.07, 6.45) is -4.56. The molecule has 1 aromatic heterocycles. The number of carbonyl (C=O) groups is 1. The highest BCUT2D eigenvalue weighted by Gasteiger charge is 2.33. The molecule has 0 saturated carbocycles. The van der Waals surface area contributed by atoms with Crippen molar-refractivity contribution >= 4 is 23.4 Å². The van der Waals surface area contributed by atoms with Crippen LogP contribution in [0.1, 0.15) is 5.56 Å². The number of anilines is 1. The number of nitrogens with zero attached hydrogens (tertiary/aromatic N) is 1. The molecule has 0 spiro atoms. The topological polar surface area (TPSA) is 79.0 Å². The number of rotatable bonds is 4. The third-order valence-electron chi connectivity index (χ3n) is 2.60. The maximum atomic E-state index is 12.8. The molecule has 1 amide bonds. The molecule has 10 heteroatoms. The maximum absolute atomic E-state index is 12.8. The van der Waals surface area contributed by atoms with E-state index in [4.69, 9.17) is 0 Å². The second-order valence-corrected chi connectivity index (χ2v) is 5.19. The van der Waals surface area contributed by atoms with Crippen molar-refractivity contribution in [3.05, 3.63) is 40.2 Å². The number of para-hydroxylation sites is 1. The van der Waals surface area contributed by atoms with Crippen LogP contribution in [0.5, 0.6) is 0 Å². The number of thioether (sulfide) groups is 1. The molecule has 2 rings (SSSR count). The van der Waals surface area contributed by atoms with Gasteiger partial charge in [0, 0.05) is 0 Å². The number of aromatic nitrogens is 2. The lowest BCUT2D eigenvalue weighted by molar-refractivity contribution is -0.772. The summed E-state index contributed by atoms with van der Waals surface area (Å²) in [7, 11) is 1.50. The van der Waals surface area contributed by atoms with E-state index < -0.39 is 23.3 Å². The van der Waals surface area contributed by atoms with Crippen LogP contribution in [-0.4, -0.2) is 16.9 Å². The number of alkyl halides is 3. The number of benzene rings is 1. The predicted molar refractivity (Wildman–Crippen MR) is 71.3 cm³/mol. The summed E-state index contributed by atoms with van der Waals surface area (Å²) < 4.78 is 44.1. The summed E-state index contributed by atoms with van der Waals surface area (Å²) in [6.45, 7) is 0. The maximum Gasteiger partial charge on any atom is 0.441 e. The van der Waals surface area contributed by atoms with Crippen LogP contribution in [-0.2, 0) is 18.0 Å². The lowest BCUT2D eigenvalue weighted by Crippen LogP contribution is -2.34. The fraction of sp³-hybridized carbons (Fsp3) is 0.250. The smallest absolute Gasteiger partial charge is 0.325 e. The number of H-pyrrole nitrogens is 1. The Morgan fingerprint density at radius 3 is 2.68 bits per heavy atom. The number of amides is 1. The lowest BCUT2D eigenvalue weighted by Gasteiger charge is -2.12. The molecule has 0 aliphatic rings. The normalized spacial score (nSPS) is 11.5. The van der Waals surface area contributed by atoms with E-state index in [0.717, 1.165) is 23.9 Å². The monoisotopic (exact) mass is 334 g/mol. The molecule has 118 valence electrons. The summed E-state index contributed by atoms with van der Waals surface area (Å²) in [5, 5.41) is 4.59. The first kappa shape index (κ1) is 16.1. The van der Waals surface area contributed by atoms with Crippen LogP contribution in [0.2, 0.25) is 0 Å². The molecule has 0 atom stereocenters. The van der Waals surface area contributed by atoms with Gasteiger partial charge in [0.05, 0.1) is 17.0 Å². The van der Waals surface area contributed by atoms with Gasteiger partial charge in [0.15, 0.2) is 7.05 Å². The zero-order chi connectivity index (χ0) is 16.3. The number of aryl methyl sites for hydroxylation is 1. The quantitative estimate of drug-likeness (QED) is 0.657. The average Bonchev–Trinajstić information content (AvgIpc) is 2.75. The minimum Gasteiger partial charge on any atom is -0.325 e. The first-order valence-corrected chi connectivity index (χ1v) is 6.94. The molecular weight excluding hydrogens is 323 g/mol. The fourth-order valence-corrected chi connectivity index (χ4v) is 2.38. The van der Waals surface area contributed by atoms with Gasteiger partial charge in [0.2, 0.25) is 5.91 Å². The van der Waals surface area contributed by atoms with Gasteiger partial charge >= 0.3 is 16.8 Å². The van der Waals surface area contributed by atoms with Crippen LogP contribution in [0.25, 0.3) is 0 Å². The fourth-order valence-electron chi connectivity index (χ4n) is 1.65. The van der Waals surface area contributed by atoms with Gasteiger partial charge < -0.3 is 5.32 Å². The van der Waals surface area contributed by atoms with Crippen LogP contribution in [0, 0.1) is 0 Å². The molecule has 0 radical (unpaired) electrons. The molecule has 0 unspecified atom stereocenters. The van der Waals surface area contributed by atoms with Gasteiger partial charge in [-0.2, -0.15) is 13.2 Å². The van der Waals surface area contributed by atoms with E-state index in [1.807, 2.05) is 0 Å². The largest absolute Gasteiger partial charge is 0.441 e. The highest BCUT2D eigenvalue weighted by Crippen LogP contribution is 2.34. The Hall–Kier alpha value is -2.23. The SMILES string of the molecule is C[n+]1[nH]oc(=O)c1SCC(=O)Nc1ccccc1C(F)(F)F. The van der Waals surface area contributed by atoms with Crippen LogP contribution in [0.4, 0.5) is 18.9 Å². The van der Waals surface area contributed by atoms with Crippen molar-refractivity contribution < 1.29 is 27.2 Å². The number of nitrogens with one attached hydrogen (secondary N) is 2. The van der Waals surface area contributed by atoms with Crippen LogP contribution >= 0.6 is 11.8 Å². The van der Waals surface area contributed by atoms with Gasteiger partial charge in [-0.3, -0.25) is 9.32 Å². The van der Waals surface area contributed by atoms with Crippen LogP contribution in [0.15, 0.2) is 38.6 Å². The molecule has 0 fully saturated rings. The number of hydrogen-bond donors (Lipinski definition) is 2. The summed E-state index contributed by atoms with van der Waals surface area (Å²) in [5.41, 5.74) is -1.91. The van der Waals surface area contributed by atoms with Crippen LogP contribution < -0.4 is 15.6 Å². The molecule has 1 heterocycles. The molecular formula is C12H11F3N3O3S+. The van der Waals surface area contributed by atoms with Crippen molar-refractivity contribution in [2.45, 2.75) is 11.2 Å². The second kappa shape index (κ2) is 6.26. The number of hydrogen-bond acceptors (Lipinski definition) is 4. The standard InChI is InChI=1S/C12H10F3N3O3S/c1-18-10(11(20)21-17-18)22-6-9(19)16-8-5-3-2-4-7(8)12(13,14)15/h2-5H,6H2,1H3,(H-,16,17,19,20)/p+1. The molecule has 0 aliphatic carbocycles. The summed E-state index contributed by atoms with van der Waals surface area (Å²) >= 11 is 0.853. The number of carbonyl (C=O) groups excluding carboxylic acids is 1. The Morgan fingerprint density at radius 2 is 2.09 bits per heavy atom. The molecule has 1 aromatic carbocycles. The van der Waals surface area contributed by atoms with Crippen LogP contribution in [0.3, 0.4) is 0 Å². The second-order valence-electron chi connectivity index (χ2n) is 4.23. The van der Waals surface area contributed by atoms with Gasteiger partial charge in [-0.25, -0.2) is 4.79 Å². The van der Waals surface area contributed by atoms with Crippen molar-refractivity contribution in [3.8, 4) is 0 Å². The molecule has 0 bridgehead atoms. The minimum absolute atomic E-state index is 0.138. The van der Waals surface area contributed by atoms with Crippen molar-refractivity contribution in [2.24, 2.45) is 7.05 Å². The molecule has 22 heavy (non-hydrogen) atoms. The van der Waals surface area contributed by atoms with E-state index in [2.05, 4.69) is 15.1 Å². The minimum atomic E-state index is -4.56. The van der Waals surface area contributed by atoms with Gasteiger partial charge in [-0.05, 0) is 29.2 Å². The molecule has 2 N–H and O–H groups in total. The molecule has 6 nitrogen and oxygen atoms in total. The van der Waals surface area contributed by atoms with Crippen molar-refractivity contribution in [1.29, 1.82) is 0 Å². The zero-order valence-electron chi connectivity index (χ0n) is 11.2. The number of halogens is 3. The highest BCUT2D eigenvalue weighted by molar-refractivity contribution is 7.99. The van der Waals surface area contributed by atoms with Gasteiger partial charge in [-0.1, -0.05) is 16.8 Å². The molecule has 0 aliphatic heterocycles. The van der Waals surface area contributed by atoms with E-state index >= 15 is 0 Å². The van der Waals surface area contributed by atoms with Crippen molar-refractivity contribution in [1.82, 2.24) is 5.27 Å².